The van der Waals surface area contributed by atoms with E-state index in [1.165, 1.54) is 0 Å². The molecule has 104 valence electrons. The van der Waals surface area contributed by atoms with Crippen molar-refractivity contribution >= 4 is 6.09 Å². The van der Waals surface area contributed by atoms with E-state index in [1.807, 2.05) is 18.2 Å². The molecule has 0 bridgehead atoms. The van der Waals surface area contributed by atoms with E-state index in [0.717, 1.165) is 32.5 Å². The van der Waals surface area contributed by atoms with Crippen LogP contribution in [-0.2, 0) is 0 Å². The summed E-state index contributed by atoms with van der Waals surface area (Å²) >= 11 is 0. The second-order valence-corrected chi connectivity index (χ2v) is 5.37. The summed E-state index contributed by atoms with van der Waals surface area (Å²) in [6, 6.07) is 9.25. The molecule has 0 unspecified atom stereocenters. The van der Waals surface area contributed by atoms with Crippen LogP contribution in [0.5, 0.6) is 5.75 Å². The zero-order valence-corrected chi connectivity index (χ0v) is 11.7. The number of amides is 1. The van der Waals surface area contributed by atoms with Crippen LogP contribution in [0.2, 0.25) is 0 Å². The Labute approximate surface area is 115 Å². The van der Waals surface area contributed by atoms with Crippen molar-refractivity contribution in [2.45, 2.75) is 12.8 Å². The number of rotatable bonds is 3. The molecule has 2 rings (SSSR count). The van der Waals surface area contributed by atoms with E-state index in [9.17, 15) is 4.79 Å². The lowest BCUT2D eigenvalue weighted by molar-refractivity contribution is 0.125. The van der Waals surface area contributed by atoms with E-state index in [0.29, 0.717) is 11.7 Å². The van der Waals surface area contributed by atoms with Gasteiger partial charge in [-0.3, -0.25) is 0 Å². The monoisotopic (exact) mass is 262 g/mol. The van der Waals surface area contributed by atoms with Crippen molar-refractivity contribution in [2.75, 3.05) is 33.7 Å². The fourth-order valence-electron chi connectivity index (χ4n) is 2.47. The van der Waals surface area contributed by atoms with Crippen molar-refractivity contribution in [1.29, 1.82) is 0 Å². The minimum absolute atomic E-state index is 0.227. The molecular formula is C15H22N2O2. The first-order chi connectivity index (χ1) is 9.15. The van der Waals surface area contributed by atoms with Gasteiger partial charge in [0.1, 0.15) is 5.75 Å². The van der Waals surface area contributed by atoms with E-state index in [1.54, 1.807) is 17.0 Å². The first-order valence-electron chi connectivity index (χ1n) is 6.81. The molecular weight excluding hydrogens is 240 g/mol. The summed E-state index contributed by atoms with van der Waals surface area (Å²) in [5, 5.41) is 0. The minimum atomic E-state index is -0.227. The number of hydrogen-bond acceptors (Lipinski definition) is 3. The smallest absolute Gasteiger partial charge is 0.410 e. The molecule has 1 aromatic carbocycles. The molecule has 4 heteroatoms. The maximum atomic E-state index is 12.0. The van der Waals surface area contributed by atoms with Gasteiger partial charge in [-0.25, -0.2) is 4.79 Å². The Morgan fingerprint density at radius 3 is 2.47 bits per heavy atom. The molecule has 0 N–H and O–H groups in total. The van der Waals surface area contributed by atoms with Gasteiger partial charge in [-0.05, 0) is 45.0 Å². The van der Waals surface area contributed by atoms with Crippen LogP contribution >= 0.6 is 0 Å². The van der Waals surface area contributed by atoms with Crippen LogP contribution < -0.4 is 4.74 Å². The van der Waals surface area contributed by atoms with Gasteiger partial charge in [0, 0.05) is 19.6 Å². The number of likely N-dealkylation sites (tertiary alicyclic amines) is 1. The van der Waals surface area contributed by atoms with E-state index in [4.69, 9.17) is 4.74 Å². The minimum Gasteiger partial charge on any atom is -0.410 e. The number of carbonyl (C=O) groups excluding carboxylic acids is 1. The molecule has 1 amide bonds. The summed E-state index contributed by atoms with van der Waals surface area (Å²) in [5.74, 6) is 1.30. The van der Waals surface area contributed by atoms with Crippen LogP contribution in [0.3, 0.4) is 0 Å². The van der Waals surface area contributed by atoms with Gasteiger partial charge in [0.2, 0.25) is 0 Å². The molecule has 1 aliphatic heterocycles. The molecule has 1 heterocycles. The summed E-state index contributed by atoms with van der Waals surface area (Å²) in [5.41, 5.74) is 0. The Kier molecular flexibility index (Phi) is 4.80. The van der Waals surface area contributed by atoms with Gasteiger partial charge in [-0.2, -0.15) is 0 Å². The van der Waals surface area contributed by atoms with Gasteiger partial charge in [0.05, 0.1) is 0 Å². The lowest BCUT2D eigenvalue weighted by Gasteiger charge is -2.32. The first kappa shape index (κ1) is 13.9. The molecule has 1 saturated heterocycles. The third kappa shape index (κ3) is 4.24. The zero-order chi connectivity index (χ0) is 13.7. The van der Waals surface area contributed by atoms with Gasteiger partial charge in [-0.1, -0.05) is 18.2 Å². The largest absolute Gasteiger partial charge is 0.415 e. The molecule has 1 aliphatic rings. The van der Waals surface area contributed by atoms with Crippen LogP contribution in [0, 0.1) is 5.92 Å². The quantitative estimate of drug-likeness (QED) is 0.839. The second kappa shape index (κ2) is 6.57. The number of ether oxygens (including phenoxy) is 1. The van der Waals surface area contributed by atoms with Crippen molar-refractivity contribution in [1.82, 2.24) is 9.80 Å². The van der Waals surface area contributed by atoms with Crippen LogP contribution in [0.25, 0.3) is 0 Å². The van der Waals surface area contributed by atoms with Crippen molar-refractivity contribution in [3.05, 3.63) is 30.3 Å². The third-order valence-corrected chi connectivity index (χ3v) is 3.44. The average molecular weight is 262 g/mol. The molecule has 19 heavy (non-hydrogen) atoms. The lowest BCUT2D eigenvalue weighted by atomic mass is 9.97. The maximum absolute atomic E-state index is 12.0. The van der Waals surface area contributed by atoms with Crippen LogP contribution in [0.4, 0.5) is 4.79 Å². The van der Waals surface area contributed by atoms with Gasteiger partial charge in [-0.15, -0.1) is 0 Å². The topological polar surface area (TPSA) is 32.8 Å². The summed E-state index contributed by atoms with van der Waals surface area (Å²) in [4.78, 5) is 16.0. The second-order valence-electron chi connectivity index (χ2n) is 5.37. The van der Waals surface area contributed by atoms with Crippen molar-refractivity contribution in [2.24, 2.45) is 5.92 Å². The van der Waals surface area contributed by atoms with E-state index in [-0.39, 0.29) is 6.09 Å². The molecule has 1 fully saturated rings. The number of para-hydroxylation sites is 1. The predicted molar refractivity (Wildman–Crippen MR) is 75.3 cm³/mol. The Balaban J connectivity index is 1.79. The molecule has 0 aliphatic carbocycles. The van der Waals surface area contributed by atoms with Crippen LogP contribution in [0.1, 0.15) is 12.8 Å². The van der Waals surface area contributed by atoms with Crippen molar-refractivity contribution < 1.29 is 9.53 Å². The van der Waals surface area contributed by atoms with E-state index >= 15 is 0 Å². The molecule has 0 saturated carbocycles. The molecule has 1 aromatic rings. The molecule has 0 radical (unpaired) electrons. The predicted octanol–water partition coefficient (Wildman–Crippen LogP) is 2.46. The van der Waals surface area contributed by atoms with Gasteiger partial charge >= 0.3 is 6.09 Å². The third-order valence-electron chi connectivity index (χ3n) is 3.44. The van der Waals surface area contributed by atoms with Gasteiger partial charge in [0.15, 0.2) is 0 Å². The zero-order valence-electron chi connectivity index (χ0n) is 11.7. The SMILES string of the molecule is CN(C)CC1CCN(C(=O)Oc2ccccc2)CC1. The van der Waals surface area contributed by atoms with Crippen LogP contribution in [-0.4, -0.2) is 49.6 Å². The summed E-state index contributed by atoms with van der Waals surface area (Å²) in [6.07, 6.45) is 1.89. The summed E-state index contributed by atoms with van der Waals surface area (Å²) in [7, 11) is 4.19. The fourth-order valence-corrected chi connectivity index (χ4v) is 2.47. The molecule has 0 atom stereocenters. The Morgan fingerprint density at radius 1 is 1.26 bits per heavy atom. The Hall–Kier alpha value is -1.55. The average Bonchev–Trinajstić information content (AvgIpc) is 2.40. The fraction of sp³-hybridized carbons (Fsp3) is 0.533. The number of nitrogens with zero attached hydrogens (tertiary/aromatic N) is 2. The number of hydrogen-bond donors (Lipinski definition) is 0. The van der Waals surface area contributed by atoms with Gasteiger partial charge < -0.3 is 14.5 Å². The lowest BCUT2D eigenvalue weighted by Crippen LogP contribution is -2.41. The number of benzene rings is 1. The highest BCUT2D eigenvalue weighted by Gasteiger charge is 2.24. The standard InChI is InChI=1S/C15H22N2O2/c1-16(2)12-13-8-10-17(11-9-13)15(18)19-14-6-4-3-5-7-14/h3-7,13H,8-12H2,1-2H3. The summed E-state index contributed by atoms with van der Waals surface area (Å²) < 4.78 is 5.35. The van der Waals surface area contributed by atoms with E-state index < -0.39 is 0 Å². The Bertz CT molecular complexity index is 398. The van der Waals surface area contributed by atoms with E-state index in [2.05, 4.69) is 19.0 Å². The highest BCUT2D eigenvalue weighted by molar-refractivity contribution is 5.70. The van der Waals surface area contributed by atoms with Crippen molar-refractivity contribution in [3.8, 4) is 5.75 Å². The number of piperidine rings is 1. The molecule has 0 aromatic heterocycles. The molecule has 4 nitrogen and oxygen atoms in total. The molecule has 0 spiro atoms. The maximum Gasteiger partial charge on any atom is 0.415 e. The highest BCUT2D eigenvalue weighted by atomic mass is 16.6. The van der Waals surface area contributed by atoms with Gasteiger partial charge in [0.25, 0.3) is 0 Å². The summed E-state index contributed by atoms with van der Waals surface area (Å²) in [6.45, 7) is 2.69. The van der Waals surface area contributed by atoms with Crippen molar-refractivity contribution in [3.63, 3.8) is 0 Å². The normalized spacial score (nSPS) is 16.7. The van der Waals surface area contributed by atoms with Crippen LogP contribution in [0.15, 0.2) is 30.3 Å². The number of carbonyl (C=O) groups is 1. The highest BCUT2D eigenvalue weighted by Crippen LogP contribution is 2.19. The Morgan fingerprint density at radius 2 is 1.89 bits per heavy atom. The first-order valence-corrected chi connectivity index (χ1v) is 6.81.